The minimum Gasteiger partial charge on any atom is -0.482 e. The molecule has 5 N–H and O–H groups in total. The standard InChI is InChI=1S/C17H24N6O/c1-3-5-13(8-18)23-17-16(9-20-11-21-17)24-10-14-6-4-7-15(22-14)12(2)19/h4,6-7,9,11,13H,2-3,5,8,10,18-19H2,1H3,(H,20,21,23). The summed E-state index contributed by atoms with van der Waals surface area (Å²) in [5.74, 6) is 1.19. The fraction of sp³-hybridized carbons (Fsp3) is 0.353. The molecular weight excluding hydrogens is 304 g/mol. The van der Waals surface area contributed by atoms with Crippen LogP contribution in [0.5, 0.6) is 5.75 Å². The maximum atomic E-state index is 5.82. The van der Waals surface area contributed by atoms with Crippen molar-refractivity contribution in [3.63, 3.8) is 0 Å². The highest BCUT2D eigenvalue weighted by Gasteiger charge is 2.11. The van der Waals surface area contributed by atoms with Gasteiger partial charge in [0.1, 0.15) is 12.9 Å². The van der Waals surface area contributed by atoms with Crippen molar-refractivity contribution in [1.82, 2.24) is 15.0 Å². The molecule has 0 aromatic carbocycles. The molecule has 0 saturated carbocycles. The topological polar surface area (TPSA) is 112 Å². The molecule has 24 heavy (non-hydrogen) atoms. The lowest BCUT2D eigenvalue weighted by Gasteiger charge is -2.18. The maximum absolute atomic E-state index is 5.82. The Bertz CT molecular complexity index is 676. The van der Waals surface area contributed by atoms with Gasteiger partial charge in [-0.05, 0) is 18.6 Å². The van der Waals surface area contributed by atoms with E-state index in [1.807, 2.05) is 12.1 Å². The van der Waals surface area contributed by atoms with Crippen molar-refractivity contribution in [1.29, 1.82) is 0 Å². The van der Waals surface area contributed by atoms with Gasteiger partial charge in [-0.1, -0.05) is 26.0 Å². The van der Waals surface area contributed by atoms with Crippen molar-refractivity contribution in [2.24, 2.45) is 11.5 Å². The van der Waals surface area contributed by atoms with Crippen LogP contribution in [0.25, 0.3) is 5.70 Å². The van der Waals surface area contributed by atoms with E-state index in [1.165, 1.54) is 6.33 Å². The fourth-order valence-corrected chi connectivity index (χ4v) is 2.21. The molecule has 2 heterocycles. The average molecular weight is 328 g/mol. The first-order chi connectivity index (χ1) is 11.6. The van der Waals surface area contributed by atoms with Gasteiger partial charge in [-0.3, -0.25) is 0 Å². The molecule has 1 unspecified atom stereocenters. The Morgan fingerprint density at radius 2 is 2.25 bits per heavy atom. The predicted octanol–water partition coefficient (Wildman–Crippen LogP) is 1.92. The fourth-order valence-electron chi connectivity index (χ4n) is 2.21. The molecule has 0 saturated heterocycles. The van der Waals surface area contributed by atoms with Crippen molar-refractivity contribution >= 4 is 11.5 Å². The van der Waals surface area contributed by atoms with Crippen LogP contribution in [0.2, 0.25) is 0 Å². The lowest BCUT2D eigenvalue weighted by Crippen LogP contribution is -2.29. The SMILES string of the molecule is C=C(N)c1cccc(COc2cncnc2NC(CN)CCC)n1. The van der Waals surface area contributed by atoms with E-state index in [1.54, 1.807) is 12.3 Å². The highest BCUT2D eigenvalue weighted by atomic mass is 16.5. The van der Waals surface area contributed by atoms with Crippen molar-refractivity contribution in [2.45, 2.75) is 32.4 Å². The Labute approximate surface area is 142 Å². The Hall–Kier alpha value is -2.67. The molecule has 2 aromatic rings. The van der Waals surface area contributed by atoms with Crippen LogP contribution in [0, 0.1) is 0 Å². The number of pyridine rings is 1. The van der Waals surface area contributed by atoms with Gasteiger partial charge in [-0.2, -0.15) is 0 Å². The normalized spacial score (nSPS) is 11.8. The quantitative estimate of drug-likeness (QED) is 0.644. The van der Waals surface area contributed by atoms with Crippen LogP contribution in [0.4, 0.5) is 5.82 Å². The summed E-state index contributed by atoms with van der Waals surface area (Å²) in [4.78, 5) is 12.7. The Morgan fingerprint density at radius 1 is 1.42 bits per heavy atom. The number of nitrogens with two attached hydrogens (primary N) is 2. The Balaban J connectivity index is 2.07. The van der Waals surface area contributed by atoms with Gasteiger partial charge in [-0.25, -0.2) is 15.0 Å². The molecule has 2 aromatic heterocycles. The zero-order valence-electron chi connectivity index (χ0n) is 13.9. The van der Waals surface area contributed by atoms with E-state index in [9.17, 15) is 0 Å². The number of nitrogens with zero attached hydrogens (tertiary/aromatic N) is 3. The maximum Gasteiger partial charge on any atom is 0.180 e. The van der Waals surface area contributed by atoms with Crippen LogP contribution < -0.4 is 21.5 Å². The smallest absolute Gasteiger partial charge is 0.180 e. The minimum absolute atomic E-state index is 0.147. The van der Waals surface area contributed by atoms with E-state index in [4.69, 9.17) is 16.2 Å². The summed E-state index contributed by atoms with van der Waals surface area (Å²) < 4.78 is 5.82. The summed E-state index contributed by atoms with van der Waals surface area (Å²) in [5.41, 5.74) is 13.3. The van der Waals surface area contributed by atoms with E-state index in [2.05, 4.69) is 33.8 Å². The molecule has 128 valence electrons. The van der Waals surface area contributed by atoms with Gasteiger partial charge in [-0.15, -0.1) is 0 Å². The van der Waals surface area contributed by atoms with Crippen LogP contribution in [0.3, 0.4) is 0 Å². The van der Waals surface area contributed by atoms with Crippen LogP contribution in [-0.4, -0.2) is 27.5 Å². The zero-order valence-corrected chi connectivity index (χ0v) is 13.9. The molecule has 0 amide bonds. The monoisotopic (exact) mass is 328 g/mol. The van der Waals surface area contributed by atoms with Gasteiger partial charge < -0.3 is 21.5 Å². The summed E-state index contributed by atoms with van der Waals surface area (Å²) in [7, 11) is 0. The van der Waals surface area contributed by atoms with Gasteiger partial charge in [0.2, 0.25) is 0 Å². The van der Waals surface area contributed by atoms with E-state index < -0.39 is 0 Å². The highest BCUT2D eigenvalue weighted by molar-refractivity contribution is 5.56. The van der Waals surface area contributed by atoms with Crippen molar-refractivity contribution in [2.75, 3.05) is 11.9 Å². The van der Waals surface area contributed by atoms with Crippen molar-refractivity contribution < 1.29 is 4.74 Å². The van der Waals surface area contributed by atoms with Gasteiger partial charge >= 0.3 is 0 Å². The zero-order chi connectivity index (χ0) is 17.4. The molecule has 0 aliphatic carbocycles. The first kappa shape index (κ1) is 17.7. The number of rotatable bonds is 9. The molecule has 0 aliphatic rings. The van der Waals surface area contributed by atoms with E-state index in [0.29, 0.717) is 29.5 Å². The van der Waals surface area contributed by atoms with Gasteiger partial charge in [0.15, 0.2) is 11.6 Å². The number of aromatic nitrogens is 3. The van der Waals surface area contributed by atoms with Gasteiger partial charge in [0.25, 0.3) is 0 Å². The Kier molecular flexibility index (Phi) is 6.51. The molecule has 2 rings (SSSR count). The largest absolute Gasteiger partial charge is 0.482 e. The van der Waals surface area contributed by atoms with E-state index >= 15 is 0 Å². The minimum atomic E-state index is 0.147. The van der Waals surface area contributed by atoms with Crippen molar-refractivity contribution in [3.05, 3.63) is 48.7 Å². The number of anilines is 1. The lowest BCUT2D eigenvalue weighted by atomic mass is 10.1. The summed E-state index contributed by atoms with van der Waals surface area (Å²) in [5, 5.41) is 3.31. The van der Waals surface area contributed by atoms with Crippen LogP contribution in [0.15, 0.2) is 37.3 Å². The summed E-state index contributed by atoms with van der Waals surface area (Å²) >= 11 is 0. The second-order valence-corrected chi connectivity index (χ2v) is 5.43. The van der Waals surface area contributed by atoms with E-state index in [-0.39, 0.29) is 12.6 Å². The molecule has 0 spiro atoms. The Morgan fingerprint density at radius 3 is 2.96 bits per heavy atom. The molecule has 0 bridgehead atoms. The van der Waals surface area contributed by atoms with E-state index in [0.717, 1.165) is 18.5 Å². The summed E-state index contributed by atoms with van der Waals surface area (Å²) in [6.07, 6.45) is 5.10. The third-order valence-corrected chi connectivity index (χ3v) is 3.45. The summed E-state index contributed by atoms with van der Waals surface area (Å²) in [6, 6.07) is 5.68. The molecule has 1 atom stereocenters. The first-order valence-electron chi connectivity index (χ1n) is 7.94. The third-order valence-electron chi connectivity index (χ3n) is 3.45. The average Bonchev–Trinajstić information content (AvgIpc) is 2.60. The second-order valence-electron chi connectivity index (χ2n) is 5.43. The predicted molar refractivity (Wildman–Crippen MR) is 95.2 cm³/mol. The molecule has 7 heteroatoms. The van der Waals surface area contributed by atoms with Gasteiger partial charge in [0.05, 0.1) is 23.3 Å². The highest BCUT2D eigenvalue weighted by Crippen LogP contribution is 2.22. The first-order valence-corrected chi connectivity index (χ1v) is 7.94. The molecular formula is C17H24N6O. The second kappa shape index (κ2) is 8.83. The van der Waals surface area contributed by atoms with Gasteiger partial charge in [0, 0.05) is 12.6 Å². The van der Waals surface area contributed by atoms with Crippen molar-refractivity contribution in [3.8, 4) is 5.75 Å². The molecule has 0 aliphatic heterocycles. The third kappa shape index (κ3) is 4.92. The van der Waals surface area contributed by atoms with Crippen LogP contribution >= 0.6 is 0 Å². The molecule has 0 fully saturated rings. The number of ether oxygens (including phenoxy) is 1. The number of hydrogen-bond donors (Lipinski definition) is 3. The summed E-state index contributed by atoms with van der Waals surface area (Å²) in [6.45, 7) is 6.62. The lowest BCUT2D eigenvalue weighted by molar-refractivity contribution is 0.300. The number of nitrogens with one attached hydrogen (secondary N) is 1. The van der Waals surface area contributed by atoms with Crippen LogP contribution in [0.1, 0.15) is 31.2 Å². The van der Waals surface area contributed by atoms with Crippen LogP contribution in [-0.2, 0) is 6.61 Å². The molecule has 0 radical (unpaired) electrons. The molecule has 7 nitrogen and oxygen atoms in total. The number of hydrogen-bond acceptors (Lipinski definition) is 7.